The lowest BCUT2D eigenvalue weighted by atomic mass is 10.1. The number of carbonyl (C=O) groups is 2. The number of imide groups is 1. The van der Waals surface area contributed by atoms with Crippen LogP contribution in [-0.4, -0.2) is 29.4 Å². The van der Waals surface area contributed by atoms with Crippen molar-refractivity contribution in [1.82, 2.24) is 4.90 Å². The number of carbonyl (C=O) groups excluding carboxylic acids is 2. The molecule has 0 aromatic heterocycles. The van der Waals surface area contributed by atoms with E-state index in [0.717, 1.165) is 19.3 Å². The van der Waals surface area contributed by atoms with Gasteiger partial charge in [-0.25, -0.2) is 0 Å². The molecule has 42 heavy (non-hydrogen) atoms. The molecule has 4 aromatic rings. The molecule has 2 amide bonds. The van der Waals surface area contributed by atoms with Crippen LogP contribution in [-0.2, 0) is 18.5 Å². The van der Waals surface area contributed by atoms with Crippen LogP contribution in [0.2, 0.25) is 0 Å². The van der Waals surface area contributed by atoms with Gasteiger partial charge in [0, 0.05) is 13.8 Å². The lowest BCUT2D eigenvalue weighted by Gasteiger charge is -2.29. The second-order valence-corrected chi connectivity index (χ2v) is 15.9. The molecule has 0 atom stereocenters. The first-order chi connectivity index (χ1) is 20.6. The zero-order valence-corrected chi connectivity index (χ0v) is 25.6. The molecule has 4 aromatic carbocycles. The normalized spacial score (nSPS) is 13.0. The number of fused-ring (bicyclic) bond motifs is 1. The molecular weight excluding hydrogens is 533 g/mol. The fourth-order valence-corrected chi connectivity index (χ4v) is 11.0. The van der Waals surface area contributed by atoms with Crippen LogP contribution < -0.4 is 0 Å². The third-order valence-electron chi connectivity index (χ3n) is 8.47. The van der Waals surface area contributed by atoms with Gasteiger partial charge < -0.3 is 0 Å². The van der Waals surface area contributed by atoms with Gasteiger partial charge in [0.2, 0.25) is 0 Å². The molecule has 3 nitrogen and oxygen atoms in total. The summed E-state index contributed by atoms with van der Waals surface area (Å²) in [6.07, 6.45) is 13.0. The molecule has 4 heteroatoms. The fourth-order valence-electron chi connectivity index (χ4n) is 6.36. The molecule has 0 unspecified atom stereocenters. The Morgan fingerprint density at radius 1 is 0.429 bits per heavy atom. The van der Waals surface area contributed by atoms with Gasteiger partial charge in [0.25, 0.3) is 11.8 Å². The molecule has 0 spiro atoms. The first-order valence-corrected chi connectivity index (χ1v) is 18.1. The Morgan fingerprint density at radius 3 is 1.21 bits per heavy atom. The summed E-state index contributed by atoms with van der Waals surface area (Å²) in [5, 5.41) is 0. The molecule has 0 radical (unpaired) electrons. The molecular formula is C38H43NO2P+. The molecule has 0 saturated carbocycles. The SMILES string of the molecule is O=C1c2ccccc2C(=O)N1CCCCCCCCC[P+](Cc1ccccc1)(Cc1ccccc1)Cc1ccccc1. The Kier molecular flexibility index (Phi) is 10.7. The van der Waals surface area contributed by atoms with Gasteiger partial charge in [-0.2, -0.15) is 0 Å². The zero-order chi connectivity index (χ0) is 29.0. The van der Waals surface area contributed by atoms with E-state index in [9.17, 15) is 9.59 Å². The van der Waals surface area contributed by atoms with Crippen molar-refractivity contribution in [2.24, 2.45) is 0 Å². The maximum absolute atomic E-state index is 12.6. The number of benzene rings is 4. The van der Waals surface area contributed by atoms with Crippen LogP contribution in [0.3, 0.4) is 0 Å². The van der Waals surface area contributed by atoms with Crippen LogP contribution >= 0.6 is 7.26 Å². The second-order valence-electron chi connectivity index (χ2n) is 11.8. The summed E-state index contributed by atoms with van der Waals surface area (Å²) in [4.78, 5) is 26.6. The molecule has 216 valence electrons. The van der Waals surface area contributed by atoms with Gasteiger partial charge in [-0.05, 0) is 48.1 Å². The lowest BCUT2D eigenvalue weighted by Crippen LogP contribution is -2.30. The number of hydrogen-bond acceptors (Lipinski definition) is 2. The van der Waals surface area contributed by atoms with E-state index in [2.05, 4.69) is 91.0 Å². The van der Waals surface area contributed by atoms with Crippen molar-refractivity contribution in [1.29, 1.82) is 0 Å². The molecule has 0 saturated heterocycles. The van der Waals surface area contributed by atoms with Crippen LogP contribution in [0, 0.1) is 0 Å². The van der Waals surface area contributed by atoms with Gasteiger partial charge in [0.05, 0.1) is 35.8 Å². The highest BCUT2D eigenvalue weighted by Crippen LogP contribution is 2.67. The quantitative estimate of drug-likeness (QED) is 0.0756. The smallest absolute Gasteiger partial charge is 0.261 e. The monoisotopic (exact) mass is 576 g/mol. The van der Waals surface area contributed by atoms with E-state index in [0.29, 0.717) is 17.7 Å². The highest BCUT2D eigenvalue weighted by atomic mass is 31.2. The fraction of sp³-hybridized carbons (Fsp3) is 0.316. The minimum Gasteiger partial charge on any atom is -0.274 e. The number of nitrogens with zero attached hydrogens (tertiary/aromatic N) is 1. The molecule has 5 rings (SSSR count). The maximum Gasteiger partial charge on any atom is 0.261 e. The van der Waals surface area contributed by atoms with Crippen molar-refractivity contribution in [3.63, 3.8) is 0 Å². The van der Waals surface area contributed by atoms with Gasteiger partial charge in [-0.15, -0.1) is 0 Å². The van der Waals surface area contributed by atoms with E-state index in [1.807, 2.05) is 12.1 Å². The molecule has 1 aliphatic heterocycles. The molecule has 0 aliphatic carbocycles. The minimum absolute atomic E-state index is 0.135. The van der Waals surface area contributed by atoms with Crippen molar-refractivity contribution >= 4 is 19.1 Å². The van der Waals surface area contributed by atoms with Crippen LogP contribution in [0.15, 0.2) is 115 Å². The topological polar surface area (TPSA) is 37.4 Å². The first-order valence-electron chi connectivity index (χ1n) is 15.6. The molecule has 0 bridgehead atoms. The molecule has 0 fully saturated rings. The van der Waals surface area contributed by atoms with Gasteiger partial charge >= 0.3 is 0 Å². The summed E-state index contributed by atoms with van der Waals surface area (Å²) in [5.41, 5.74) is 5.50. The van der Waals surface area contributed by atoms with Crippen LogP contribution in [0.1, 0.15) is 82.4 Å². The van der Waals surface area contributed by atoms with E-state index < -0.39 is 7.26 Å². The summed E-state index contributed by atoms with van der Waals surface area (Å²) in [5.74, 6) is -0.271. The standard InChI is InChI=1S/C38H43NO2P/c40-37-35-25-15-16-26-36(35)38(41)39(37)27-17-4-2-1-3-5-18-28-42(29-32-19-9-6-10-20-32,30-33-21-11-7-12-22-33)31-34-23-13-8-14-24-34/h6-16,19-26H,1-5,17-18,27-31H2/q+1. The predicted octanol–water partition coefficient (Wildman–Crippen LogP) is 9.63. The summed E-state index contributed by atoms with van der Waals surface area (Å²) in [7, 11) is -1.35. The largest absolute Gasteiger partial charge is 0.274 e. The third-order valence-corrected chi connectivity index (χ3v) is 12.8. The van der Waals surface area contributed by atoms with E-state index in [4.69, 9.17) is 0 Å². The van der Waals surface area contributed by atoms with E-state index >= 15 is 0 Å². The number of amides is 2. The van der Waals surface area contributed by atoms with Crippen molar-refractivity contribution in [3.05, 3.63) is 143 Å². The van der Waals surface area contributed by atoms with E-state index in [-0.39, 0.29) is 11.8 Å². The lowest BCUT2D eigenvalue weighted by molar-refractivity contribution is 0.0651. The van der Waals surface area contributed by atoms with E-state index in [1.165, 1.54) is 71.9 Å². The van der Waals surface area contributed by atoms with Gasteiger partial charge in [-0.1, -0.05) is 129 Å². The van der Waals surface area contributed by atoms with Gasteiger partial charge in [-0.3, -0.25) is 14.5 Å². The Balaban J connectivity index is 1.12. The Labute approximate surface area is 252 Å². The summed E-state index contributed by atoms with van der Waals surface area (Å²) < 4.78 is 0. The molecule has 1 heterocycles. The van der Waals surface area contributed by atoms with Gasteiger partial charge in [0.15, 0.2) is 0 Å². The van der Waals surface area contributed by atoms with Crippen molar-refractivity contribution < 1.29 is 9.59 Å². The Bertz CT molecular complexity index is 1290. The number of hydrogen-bond donors (Lipinski definition) is 0. The predicted molar refractivity (Wildman–Crippen MR) is 176 cm³/mol. The maximum atomic E-state index is 12.6. The number of rotatable bonds is 16. The summed E-state index contributed by atoms with van der Waals surface area (Å²) >= 11 is 0. The first kappa shape index (κ1) is 29.9. The summed E-state index contributed by atoms with van der Waals surface area (Å²) in [6, 6.07) is 40.5. The Morgan fingerprint density at radius 2 is 0.786 bits per heavy atom. The second kappa shape index (κ2) is 15.1. The average Bonchev–Trinajstić information content (AvgIpc) is 3.26. The summed E-state index contributed by atoms with van der Waals surface area (Å²) in [6.45, 7) is 0.526. The molecule has 1 aliphatic rings. The van der Waals surface area contributed by atoms with Crippen LogP contribution in [0.4, 0.5) is 0 Å². The number of unbranched alkanes of at least 4 members (excludes halogenated alkanes) is 6. The van der Waals surface area contributed by atoms with Crippen LogP contribution in [0.5, 0.6) is 0 Å². The van der Waals surface area contributed by atoms with Crippen molar-refractivity contribution in [2.45, 2.75) is 63.4 Å². The van der Waals surface area contributed by atoms with Crippen molar-refractivity contribution in [2.75, 3.05) is 12.7 Å². The highest BCUT2D eigenvalue weighted by molar-refractivity contribution is 7.73. The van der Waals surface area contributed by atoms with Crippen molar-refractivity contribution in [3.8, 4) is 0 Å². The average molecular weight is 577 g/mol. The zero-order valence-electron chi connectivity index (χ0n) is 24.7. The minimum atomic E-state index is -1.35. The molecule has 0 N–H and O–H groups in total. The highest BCUT2D eigenvalue weighted by Gasteiger charge is 2.38. The van der Waals surface area contributed by atoms with Gasteiger partial charge in [0.1, 0.15) is 0 Å². The third kappa shape index (κ3) is 8.05. The Hall–Kier alpha value is -3.55. The van der Waals surface area contributed by atoms with E-state index in [1.54, 1.807) is 12.1 Å². The van der Waals surface area contributed by atoms with Crippen LogP contribution in [0.25, 0.3) is 0 Å².